The maximum atomic E-state index is 12.5. The Morgan fingerprint density at radius 2 is 1.75 bits per heavy atom. The van der Waals surface area contributed by atoms with Crippen LogP contribution >= 0.6 is 0 Å². The van der Waals surface area contributed by atoms with Crippen LogP contribution in [0.2, 0.25) is 0 Å². The fourth-order valence-corrected chi connectivity index (χ4v) is 2.20. The van der Waals surface area contributed by atoms with E-state index in [2.05, 4.69) is 5.32 Å². The summed E-state index contributed by atoms with van der Waals surface area (Å²) >= 11 is 0. The highest BCUT2D eigenvalue weighted by Gasteiger charge is 2.30. The van der Waals surface area contributed by atoms with E-state index in [-0.39, 0.29) is 12.3 Å². The summed E-state index contributed by atoms with van der Waals surface area (Å²) in [4.78, 5) is 25.2. The predicted octanol–water partition coefficient (Wildman–Crippen LogP) is 3.19. The number of likely N-dealkylation sites (N-methyl/N-ethyl adjacent to an activating group) is 1. The van der Waals surface area contributed by atoms with Crippen molar-refractivity contribution in [1.82, 2.24) is 4.90 Å². The minimum absolute atomic E-state index is 0.121. The number of hydrogen-bond donors (Lipinski definition) is 1. The molecule has 2 aromatic rings. The molecule has 0 aliphatic rings. The molecule has 0 atom stereocenters. The number of benzene rings is 2. The highest BCUT2D eigenvalue weighted by Crippen LogP contribution is 2.30. The van der Waals surface area contributed by atoms with E-state index in [4.69, 9.17) is 9.47 Å². The fourth-order valence-electron chi connectivity index (χ4n) is 2.20. The van der Waals surface area contributed by atoms with Gasteiger partial charge in [0.2, 0.25) is 5.91 Å². The molecule has 0 heterocycles. The molecule has 0 saturated heterocycles. The van der Waals surface area contributed by atoms with Crippen molar-refractivity contribution in [2.75, 3.05) is 32.6 Å². The monoisotopic (exact) mass is 396 g/mol. The Labute approximate surface area is 159 Å². The second-order valence-electron chi connectivity index (χ2n) is 5.84. The standard InChI is InChI=1S/C19H19F3N2O4/c1-24(11-17(25)23-14-4-3-5-16(10-14)27-2)18(26)12-28-15-8-6-13(7-9-15)19(20,21)22/h3-10H,11-12H2,1-2H3,(H,23,25). The van der Waals surface area contributed by atoms with Crippen molar-refractivity contribution in [2.45, 2.75) is 6.18 Å². The number of amides is 2. The van der Waals surface area contributed by atoms with Crippen LogP contribution in [0.1, 0.15) is 5.56 Å². The third-order valence-electron chi connectivity index (χ3n) is 3.70. The maximum absolute atomic E-state index is 12.5. The Kier molecular flexibility index (Phi) is 6.86. The molecule has 150 valence electrons. The van der Waals surface area contributed by atoms with E-state index in [0.717, 1.165) is 29.2 Å². The summed E-state index contributed by atoms with van der Waals surface area (Å²) in [5.74, 6) is -0.220. The topological polar surface area (TPSA) is 67.9 Å². The van der Waals surface area contributed by atoms with Crippen LogP contribution in [-0.2, 0) is 15.8 Å². The number of methoxy groups -OCH3 is 1. The van der Waals surface area contributed by atoms with Gasteiger partial charge in [0.25, 0.3) is 5.91 Å². The molecule has 9 heteroatoms. The molecule has 0 aromatic heterocycles. The van der Waals surface area contributed by atoms with E-state index in [1.54, 1.807) is 24.3 Å². The highest BCUT2D eigenvalue weighted by atomic mass is 19.4. The van der Waals surface area contributed by atoms with Crippen molar-refractivity contribution in [3.8, 4) is 11.5 Å². The smallest absolute Gasteiger partial charge is 0.416 e. The van der Waals surface area contributed by atoms with Gasteiger partial charge in [-0.2, -0.15) is 13.2 Å². The molecule has 1 N–H and O–H groups in total. The third-order valence-corrected chi connectivity index (χ3v) is 3.70. The van der Waals surface area contributed by atoms with Crippen molar-refractivity contribution in [3.05, 3.63) is 54.1 Å². The van der Waals surface area contributed by atoms with Gasteiger partial charge >= 0.3 is 6.18 Å². The summed E-state index contributed by atoms with van der Waals surface area (Å²) in [7, 11) is 2.92. The summed E-state index contributed by atoms with van der Waals surface area (Å²) in [5, 5.41) is 2.64. The van der Waals surface area contributed by atoms with E-state index in [0.29, 0.717) is 11.4 Å². The van der Waals surface area contributed by atoms with E-state index >= 15 is 0 Å². The molecule has 2 amide bonds. The lowest BCUT2D eigenvalue weighted by molar-refractivity contribution is -0.137. The molecule has 0 unspecified atom stereocenters. The quantitative estimate of drug-likeness (QED) is 0.781. The second-order valence-corrected chi connectivity index (χ2v) is 5.84. The van der Waals surface area contributed by atoms with Gasteiger partial charge in [-0.25, -0.2) is 0 Å². The average Bonchev–Trinajstić information content (AvgIpc) is 2.65. The molecule has 0 aliphatic heterocycles. The Hall–Kier alpha value is -3.23. The van der Waals surface area contributed by atoms with Gasteiger partial charge in [0, 0.05) is 18.8 Å². The lowest BCUT2D eigenvalue weighted by atomic mass is 10.2. The van der Waals surface area contributed by atoms with Crippen molar-refractivity contribution in [2.24, 2.45) is 0 Å². The largest absolute Gasteiger partial charge is 0.497 e. The minimum Gasteiger partial charge on any atom is -0.497 e. The number of rotatable bonds is 7. The van der Waals surface area contributed by atoms with Crippen LogP contribution in [0.5, 0.6) is 11.5 Å². The molecule has 2 aromatic carbocycles. The van der Waals surface area contributed by atoms with Crippen LogP contribution in [-0.4, -0.2) is 44.0 Å². The molecule has 0 fully saturated rings. The average molecular weight is 396 g/mol. The van der Waals surface area contributed by atoms with Crippen LogP contribution in [0.25, 0.3) is 0 Å². The first-order valence-corrected chi connectivity index (χ1v) is 8.17. The van der Waals surface area contributed by atoms with Crippen LogP contribution in [0.3, 0.4) is 0 Å². The number of nitrogens with one attached hydrogen (secondary N) is 1. The zero-order chi connectivity index (χ0) is 20.7. The Bertz CT molecular complexity index is 823. The normalized spacial score (nSPS) is 10.9. The van der Waals surface area contributed by atoms with Crippen molar-refractivity contribution >= 4 is 17.5 Å². The molecule has 6 nitrogen and oxygen atoms in total. The SMILES string of the molecule is COc1cccc(NC(=O)CN(C)C(=O)COc2ccc(C(F)(F)F)cc2)c1. The van der Waals surface area contributed by atoms with Gasteiger partial charge in [-0.05, 0) is 36.4 Å². The number of ether oxygens (including phenoxy) is 2. The van der Waals surface area contributed by atoms with Crippen LogP contribution in [0.4, 0.5) is 18.9 Å². The molecular formula is C19H19F3N2O4. The van der Waals surface area contributed by atoms with Gasteiger partial charge in [0.05, 0.1) is 19.2 Å². The second kappa shape index (κ2) is 9.12. The fraction of sp³-hybridized carbons (Fsp3) is 0.263. The minimum atomic E-state index is -4.44. The predicted molar refractivity (Wildman–Crippen MR) is 96.2 cm³/mol. The third kappa shape index (κ3) is 6.19. The van der Waals surface area contributed by atoms with Crippen molar-refractivity contribution in [1.29, 1.82) is 0 Å². The molecule has 28 heavy (non-hydrogen) atoms. The number of hydrogen-bond acceptors (Lipinski definition) is 4. The van der Waals surface area contributed by atoms with E-state index in [1.165, 1.54) is 14.2 Å². The van der Waals surface area contributed by atoms with E-state index < -0.39 is 30.2 Å². The van der Waals surface area contributed by atoms with Gasteiger partial charge < -0.3 is 19.7 Å². The summed E-state index contributed by atoms with van der Waals surface area (Å²) < 4.78 is 47.8. The summed E-state index contributed by atoms with van der Waals surface area (Å²) in [6.07, 6.45) is -4.44. The highest BCUT2D eigenvalue weighted by molar-refractivity contribution is 5.94. The van der Waals surface area contributed by atoms with Crippen LogP contribution in [0.15, 0.2) is 48.5 Å². The van der Waals surface area contributed by atoms with Crippen molar-refractivity contribution < 1.29 is 32.2 Å². The molecule has 2 rings (SSSR count). The zero-order valence-electron chi connectivity index (χ0n) is 15.2. The zero-order valence-corrected chi connectivity index (χ0v) is 15.2. The molecular weight excluding hydrogens is 377 g/mol. The summed E-state index contributed by atoms with van der Waals surface area (Å²) in [5.41, 5.74) is -0.288. The summed E-state index contributed by atoms with van der Waals surface area (Å²) in [6, 6.07) is 10.7. The van der Waals surface area contributed by atoms with Gasteiger partial charge in [0.1, 0.15) is 11.5 Å². The molecule has 0 saturated carbocycles. The van der Waals surface area contributed by atoms with Crippen LogP contribution < -0.4 is 14.8 Å². The molecule has 0 spiro atoms. The number of alkyl halides is 3. The first kappa shape index (κ1) is 21.1. The van der Waals surface area contributed by atoms with Gasteiger partial charge in [-0.3, -0.25) is 9.59 Å². The maximum Gasteiger partial charge on any atom is 0.416 e. The number of carbonyl (C=O) groups is 2. The van der Waals surface area contributed by atoms with E-state index in [9.17, 15) is 22.8 Å². The van der Waals surface area contributed by atoms with Gasteiger partial charge in [-0.1, -0.05) is 6.07 Å². The number of carbonyl (C=O) groups excluding carboxylic acids is 2. The summed E-state index contributed by atoms with van der Waals surface area (Å²) in [6.45, 7) is -0.624. The lowest BCUT2D eigenvalue weighted by Crippen LogP contribution is -2.37. The number of halogens is 3. The van der Waals surface area contributed by atoms with Gasteiger partial charge in [0.15, 0.2) is 6.61 Å². The Morgan fingerprint density at radius 1 is 1.07 bits per heavy atom. The number of anilines is 1. The van der Waals surface area contributed by atoms with E-state index in [1.807, 2.05) is 0 Å². The first-order valence-electron chi connectivity index (χ1n) is 8.17. The number of nitrogens with zero attached hydrogens (tertiary/aromatic N) is 1. The van der Waals surface area contributed by atoms with Crippen molar-refractivity contribution in [3.63, 3.8) is 0 Å². The van der Waals surface area contributed by atoms with Crippen LogP contribution in [0, 0.1) is 0 Å². The van der Waals surface area contributed by atoms with Gasteiger partial charge in [-0.15, -0.1) is 0 Å². The lowest BCUT2D eigenvalue weighted by Gasteiger charge is -2.17. The Balaban J connectivity index is 1.82. The first-order chi connectivity index (χ1) is 13.2. The molecule has 0 bridgehead atoms. The molecule has 0 radical (unpaired) electrons. The Morgan fingerprint density at radius 3 is 2.36 bits per heavy atom. The molecule has 0 aliphatic carbocycles.